The predicted octanol–water partition coefficient (Wildman–Crippen LogP) is 3.59. The van der Waals surface area contributed by atoms with E-state index in [1.54, 1.807) is 11.3 Å². The van der Waals surface area contributed by atoms with Crippen LogP contribution in [0.5, 0.6) is 0 Å². The number of amides is 2. The number of carbonyl (C=O) groups excluding carboxylic acids is 2. The summed E-state index contributed by atoms with van der Waals surface area (Å²) >= 11 is 1.57. The Balaban J connectivity index is 1.76. The summed E-state index contributed by atoms with van der Waals surface area (Å²) in [5, 5.41) is 4.23. The summed E-state index contributed by atoms with van der Waals surface area (Å²) in [6.07, 6.45) is 1.87. The lowest BCUT2D eigenvalue weighted by Crippen LogP contribution is -2.50. The topological polar surface area (TPSA) is 49.4 Å². The second-order valence-corrected chi connectivity index (χ2v) is 7.86. The van der Waals surface area contributed by atoms with E-state index < -0.39 is 0 Å². The highest BCUT2D eigenvalue weighted by Gasteiger charge is 2.28. The fourth-order valence-corrected chi connectivity index (χ4v) is 4.35. The van der Waals surface area contributed by atoms with Crippen molar-refractivity contribution in [1.29, 1.82) is 0 Å². The minimum Gasteiger partial charge on any atom is -0.351 e. The van der Waals surface area contributed by atoms with Crippen LogP contribution in [0.1, 0.15) is 41.9 Å². The zero-order valence-electron chi connectivity index (χ0n) is 14.5. The Kier molecular flexibility index (Phi) is 4.90. The molecule has 4 nitrogen and oxygen atoms in total. The molecule has 1 aromatic heterocycles. The Bertz CT molecular complexity index is 766. The fourth-order valence-electron chi connectivity index (χ4n) is 3.17. The molecule has 0 unspecified atom stereocenters. The molecular formula is C19H24N2O2S. The van der Waals surface area contributed by atoms with Crippen LogP contribution in [0.4, 0.5) is 0 Å². The Morgan fingerprint density at radius 2 is 2.04 bits per heavy atom. The van der Waals surface area contributed by atoms with Crippen molar-refractivity contribution in [3.8, 4) is 0 Å². The molecule has 1 aliphatic rings. The van der Waals surface area contributed by atoms with Crippen molar-refractivity contribution in [3.63, 3.8) is 0 Å². The van der Waals surface area contributed by atoms with Crippen molar-refractivity contribution in [1.82, 2.24) is 10.2 Å². The average molecular weight is 344 g/mol. The van der Waals surface area contributed by atoms with Gasteiger partial charge in [-0.3, -0.25) is 9.59 Å². The highest BCUT2D eigenvalue weighted by molar-refractivity contribution is 7.21. The van der Waals surface area contributed by atoms with Crippen LogP contribution in [0.25, 0.3) is 10.1 Å². The molecule has 1 atom stereocenters. The van der Waals surface area contributed by atoms with Gasteiger partial charge in [0.05, 0.1) is 4.88 Å². The Hall–Kier alpha value is -1.88. The number of nitrogens with zero attached hydrogens (tertiary/aromatic N) is 1. The number of piperidine rings is 1. The van der Waals surface area contributed by atoms with Crippen molar-refractivity contribution >= 4 is 33.2 Å². The smallest absolute Gasteiger partial charge is 0.264 e. The largest absolute Gasteiger partial charge is 0.351 e. The first-order valence-corrected chi connectivity index (χ1v) is 9.36. The molecule has 1 aliphatic heterocycles. The molecule has 0 spiro atoms. The number of thiophene rings is 1. The molecular weight excluding hydrogens is 320 g/mol. The summed E-state index contributed by atoms with van der Waals surface area (Å²) in [5.41, 5.74) is 1.06. The maximum absolute atomic E-state index is 13.0. The van der Waals surface area contributed by atoms with Crippen molar-refractivity contribution in [2.75, 3.05) is 13.1 Å². The van der Waals surface area contributed by atoms with Crippen molar-refractivity contribution in [2.24, 2.45) is 5.92 Å². The number of hydrogen-bond acceptors (Lipinski definition) is 3. The van der Waals surface area contributed by atoms with Crippen LogP contribution in [0.15, 0.2) is 24.3 Å². The van der Waals surface area contributed by atoms with Crippen LogP contribution in [-0.4, -0.2) is 35.8 Å². The maximum atomic E-state index is 13.0. The van der Waals surface area contributed by atoms with Gasteiger partial charge < -0.3 is 10.2 Å². The number of aryl methyl sites for hydroxylation is 1. The SMILES string of the molecule is Cc1c(C(=O)N2CCC[C@H](NC(=O)C(C)C)C2)sc2ccccc12. The number of rotatable bonds is 3. The third-order valence-electron chi connectivity index (χ3n) is 4.62. The minimum atomic E-state index is -0.0269. The molecule has 24 heavy (non-hydrogen) atoms. The lowest BCUT2D eigenvalue weighted by atomic mass is 10.0. The van der Waals surface area contributed by atoms with E-state index in [-0.39, 0.29) is 23.8 Å². The normalized spacial score (nSPS) is 18.2. The molecule has 1 aromatic carbocycles. The van der Waals surface area contributed by atoms with Gasteiger partial charge in [0.15, 0.2) is 0 Å². The molecule has 0 saturated carbocycles. The maximum Gasteiger partial charge on any atom is 0.264 e. The molecule has 1 fully saturated rings. The summed E-state index contributed by atoms with van der Waals surface area (Å²) in [4.78, 5) is 27.6. The van der Waals surface area contributed by atoms with E-state index in [2.05, 4.69) is 17.4 Å². The number of carbonyl (C=O) groups is 2. The zero-order chi connectivity index (χ0) is 17.3. The highest BCUT2D eigenvalue weighted by Crippen LogP contribution is 2.32. The first-order chi connectivity index (χ1) is 11.5. The van der Waals surface area contributed by atoms with Gasteiger partial charge in [-0.1, -0.05) is 32.0 Å². The second kappa shape index (κ2) is 6.93. The van der Waals surface area contributed by atoms with Crippen LogP contribution in [-0.2, 0) is 4.79 Å². The number of likely N-dealkylation sites (tertiary alicyclic amines) is 1. The molecule has 1 saturated heterocycles. The minimum absolute atomic E-state index is 0.0269. The van der Waals surface area contributed by atoms with E-state index >= 15 is 0 Å². The van der Waals surface area contributed by atoms with Crippen molar-refractivity contribution < 1.29 is 9.59 Å². The molecule has 3 rings (SSSR count). The van der Waals surface area contributed by atoms with Gasteiger partial charge in [0.1, 0.15) is 0 Å². The van der Waals surface area contributed by atoms with Crippen molar-refractivity contribution in [3.05, 3.63) is 34.7 Å². The van der Waals surface area contributed by atoms with Crippen LogP contribution in [0.2, 0.25) is 0 Å². The van der Waals surface area contributed by atoms with Crippen LogP contribution in [0, 0.1) is 12.8 Å². The average Bonchev–Trinajstić information content (AvgIpc) is 2.91. The third-order valence-corrected chi connectivity index (χ3v) is 5.88. The molecule has 2 aromatic rings. The van der Waals surface area contributed by atoms with E-state index in [9.17, 15) is 9.59 Å². The summed E-state index contributed by atoms with van der Waals surface area (Å²) in [6.45, 7) is 7.17. The monoisotopic (exact) mass is 344 g/mol. The quantitative estimate of drug-likeness (QED) is 0.925. The van der Waals surface area contributed by atoms with Gasteiger partial charge in [-0.2, -0.15) is 0 Å². The lowest BCUT2D eigenvalue weighted by molar-refractivity contribution is -0.125. The number of fused-ring (bicyclic) bond motifs is 1. The van der Waals surface area contributed by atoms with Gasteiger partial charge in [0, 0.05) is 29.7 Å². The number of hydrogen-bond donors (Lipinski definition) is 1. The zero-order valence-corrected chi connectivity index (χ0v) is 15.3. The van der Waals surface area contributed by atoms with Gasteiger partial charge >= 0.3 is 0 Å². The molecule has 128 valence electrons. The Morgan fingerprint density at radius 3 is 2.75 bits per heavy atom. The van der Waals surface area contributed by atoms with Gasteiger partial charge in [0.2, 0.25) is 5.91 Å². The van der Waals surface area contributed by atoms with Crippen molar-refractivity contribution in [2.45, 2.75) is 39.7 Å². The first-order valence-electron chi connectivity index (χ1n) is 8.55. The van der Waals surface area contributed by atoms with Crippen LogP contribution >= 0.6 is 11.3 Å². The predicted molar refractivity (Wildman–Crippen MR) is 98.5 cm³/mol. The van der Waals surface area contributed by atoms with Gasteiger partial charge in [-0.15, -0.1) is 11.3 Å². The Morgan fingerprint density at radius 1 is 1.29 bits per heavy atom. The summed E-state index contributed by atoms with van der Waals surface area (Å²) in [7, 11) is 0. The standard InChI is InChI=1S/C19H24N2O2S/c1-12(2)18(22)20-14-7-6-10-21(11-14)19(23)17-13(3)15-8-4-5-9-16(15)24-17/h4-5,8-9,12,14H,6-7,10-11H2,1-3H3,(H,20,22)/t14-/m0/s1. The number of benzene rings is 1. The van der Waals surface area contributed by atoms with Gasteiger partial charge in [-0.05, 0) is 36.8 Å². The van der Waals surface area contributed by atoms with Gasteiger partial charge in [-0.25, -0.2) is 0 Å². The van der Waals surface area contributed by atoms with E-state index in [1.165, 1.54) is 0 Å². The molecule has 0 radical (unpaired) electrons. The number of nitrogens with one attached hydrogen (secondary N) is 1. The highest BCUT2D eigenvalue weighted by atomic mass is 32.1. The molecule has 1 N–H and O–H groups in total. The third kappa shape index (κ3) is 3.31. The summed E-state index contributed by atoms with van der Waals surface area (Å²) in [6, 6.07) is 8.21. The molecule has 5 heteroatoms. The van der Waals surface area contributed by atoms with Gasteiger partial charge in [0.25, 0.3) is 5.91 Å². The van der Waals surface area contributed by atoms with Crippen LogP contribution in [0.3, 0.4) is 0 Å². The van der Waals surface area contributed by atoms with E-state index in [4.69, 9.17) is 0 Å². The Labute approximate surface area is 146 Å². The second-order valence-electron chi connectivity index (χ2n) is 6.81. The van der Waals surface area contributed by atoms with E-state index in [0.29, 0.717) is 6.54 Å². The molecule has 0 aliphatic carbocycles. The fraction of sp³-hybridized carbons (Fsp3) is 0.474. The first kappa shape index (κ1) is 17.0. The van der Waals surface area contributed by atoms with E-state index in [0.717, 1.165) is 39.9 Å². The molecule has 2 amide bonds. The summed E-state index contributed by atoms with van der Waals surface area (Å²) in [5.74, 6) is 0.130. The summed E-state index contributed by atoms with van der Waals surface area (Å²) < 4.78 is 1.15. The van der Waals surface area contributed by atoms with E-state index in [1.807, 2.05) is 37.8 Å². The molecule has 2 heterocycles. The molecule has 0 bridgehead atoms. The van der Waals surface area contributed by atoms with Crippen LogP contribution < -0.4 is 5.32 Å². The lowest BCUT2D eigenvalue weighted by Gasteiger charge is -2.33.